The molecule has 0 aromatic heterocycles. The van der Waals surface area contributed by atoms with Crippen LogP contribution in [-0.2, 0) is 20.4 Å². The molecule has 2 aromatic rings. The van der Waals surface area contributed by atoms with Gasteiger partial charge in [0.25, 0.3) is 0 Å². The highest BCUT2D eigenvalue weighted by molar-refractivity contribution is 7.85. The zero-order valence-corrected chi connectivity index (χ0v) is 13.9. The van der Waals surface area contributed by atoms with Crippen LogP contribution in [-0.4, -0.2) is 28.3 Å². The van der Waals surface area contributed by atoms with Crippen LogP contribution >= 0.6 is 0 Å². The van der Waals surface area contributed by atoms with E-state index in [-0.39, 0.29) is 17.6 Å². The Bertz CT molecular complexity index is 777. The maximum Gasteiger partial charge on any atom is 0.237 e. The molecule has 1 N–H and O–H groups in total. The van der Waals surface area contributed by atoms with Crippen molar-refractivity contribution in [3.8, 4) is 0 Å². The first kappa shape index (κ1) is 16.4. The molecule has 124 valence electrons. The number of nitrogens with zero attached hydrogens (tertiary/aromatic N) is 1. The Morgan fingerprint density at radius 1 is 1.12 bits per heavy atom. The van der Waals surface area contributed by atoms with E-state index in [4.69, 9.17) is 0 Å². The molecule has 2 aromatic carbocycles. The number of anilines is 2. The molecule has 1 atom stereocenters. The Morgan fingerprint density at radius 2 is 1.92 bits per heavy atom. The fourth-order valence-corrected chi connectivity index (χ4v) is 3.58. The predicted molar refractivity (Wildman–Crippen MR) is 94.4 cm³/mol. The lowest BCUT2D eigenvalue weighted by Gasteiger charge is -2.16. The second-order valence-corrected chi connectivity index (χ2v) is 7.00. The van der Waals surface area contributed by atoms with E-state index in [2.05, 4.69) is 5.32 Å². The van der Waals surface area contributed by atoms with Gasteiger partial charge in [0.05, 0.1) is 10.8 Å². The van der Waals surface area contributed by atoms with E-state index < -0.39 is 10.8 Å². The molecule has 0 spiro atoms. The summed E-state index contributed by atoms with van der Waals surface area (Å²) in [7, 11) is -1.38. The highest BCUT2D eigenvalue weighted by Gasteiger charge is 2.21. The minimum atomic E-state index is -1.38. The smallest absolute Gasteiger partial charge is 0.237 e. The van der Waals surface area contributed by atoms with Gasteiger partial charge in [-0.1, -0.05) is 24.3 Å². The number of amides is 2. The quantitative estimate of drug-likeness (QED) is 0.908. The third-order valence-corrected chi connectivity index (χ3v) is 5.11. The van der Waals surface area contributed by atoms with Gasteiger partial charge in [-0.2, -0.15) is 0 Å². The van der Waals surface area contributed by atoms with Gasteiger partial charge in [0.2, 0.25) is 11.8 Å². The van der Waals surface area contributed by atoms with Crippen molar-refractivity contribution in [1.82, 2.24) is 0 Å². The molecule has 0 saturated carbocycles. The van der Waals surface area contributed by atoms with Gasteiger partial charge in [0.1, 0.15) is 5.75 Å². The van der Waals surface area contributed by atoms with Gasteiger partial charge in [-0.15, -0.1) is 0 Å². The van der Waals surface area contributed by atoms with Gasteiger partial charge < -0.3 is 10.2 Å². The molecule has 6 heteroatoms. The van der Waals surface area contributed by atoms with E-state index in [1.165, 1.54) is 0 Å². The molecule has 5 nitrogen and oxygen atoms in total. The van der Waals surface area contributed by atoms with Gasteiger partial charge in [0, 0.05) is 29.2 Å². The summed E-state index contributed by atoms with van der Waals surface area (Å²) in [4.78, 5) is 26.3. The molecular formula is C18H18N2O3S. The predicted octanol–water partition coefficient (Wildman–Crippen LogP) is 2.56. The zero-order chi connectivity index (χ0) is 16.9. The number of rotatable bonds is 5. The summed E-state index contributed by atoms with van der Waals surface area (Å²) in [5.41, 5.74) is 1.38. The monoisotopic (exact) mass is 342 g/mol. The van der Waals surface area contributed by atoms with E-state index in [9.17, 15) is 13.8 Å². The van der Waals surface area contributed by atoms with Crippen molar-refractivity contribution < 1.29 is 13.8 Å². The average Bonchev–Trinajstić information content (AvgIpc) is 3.02. The van der Waals surface area contributed by atoms with Gasteiger partial charge in [-0.3, -0.25) is 13.8 Å². The molecular weight excluding hydrogens is 324 g/mol. The van der Waals surface area contributed by atoms with Crippen LogP contribution in [0.3, 0.4) is 0 Å². The largest absolute Gasteiger partial charge is 0.325 e. The van der Waals surface area contributed by atoms with Crippen LogP contribution in [0.4, 0.5) is 11.4 Å². The van der Waals surface area contributed by atoms with Crippen molar-refractivity contribution in [3.63, 3.8) is 0 Å². The number of hydrogen-bond donors (Lipinski definition) is 1. The molecule has 0 aliphatic carbocycles. The molecule has 1 saturated heterocycles. The number of nitrogens with one attached hydrogen (secondary N) is 1. The van der Waals surface area contributed by atoms with E-state index in [0.717, 1.165) is 12.1 Å². The lowest BCUT2D eigenvalue weighted by molar-refractivity contribution is -0.117. The fourth-order valence-electron chi connectivity index (χ4n) is 2.64. The van der Waals surface area contributed by atoms with Crippen LogP contribution < -0.4 is 10.2 Å². The lowest BCUT2D eigenvalue weighted by atomic mass is 10.2. The Morgan fingerprint density at radius 3 is 2.62 bits per heavy atom. The van der Waals surface area contributed by atoms with Crippen LogP contribution in [0.2, 0.25) is 0 Å². The Balaban J connectivity index is 1.64. The third kappa shape index (κ3) is 3.89. The van der Waals surface area contributed by atoms with E-state index in [1.807, 2.05) is 12.1 Å². The summed E-state index contributed by atoms with van der Waals surface area (Å²) in [6.45, 7) is 0.703. The number of carbonyl (C=O) groups is 2. The summed E-state index contributed by atoms with van der Waals surface area (Å²) >= 11 is 0. The van der Waals surface area contributed by atoms with E-state index in [0.29, 0.717) is 23.5 Å². The molecule has 1 fully saturated rings. The Kier molecular flexibility index (Phi) is 5.05. The van der Waals surface area contributed by atoms with Gasteiger partial charge >= 0.3 is 0 Å². The van der Waals surface area contributed by atoms with E-state index in [1.54, 1.807) is 47.4 Å². The van der Waals surface area contributed by atoms with Crippen LogP contribution in [0.15, 0.2) is 59.5 Å². The van der Waals surface area contributed by atoms with E-state index >= 15 is 0 Å². The molecule has 1 aliphatic rings. The highest BCUT2D eigenvalue weighted by Crippen LogP contribution is 2.24. The second-order valence-electron chi connectivity index (χ2n) is 5.55. The zero-order valence-electron chi connectivity index (χ0n) is 13.1. The van der Waals surface area contributed by atoms with Crippen LogP contribution in [0.5, 0.6) is 0 Å². The Hall–Kier alpha value is -2.47. The molecule has 1 heterocycles. The molecule has 0 unspecified atom stereocenters. The summed E-state index contributed by atoms with van der Waals surface area (Å²) in [5.74, 6) is -0.317. The molecule has 1 aliphatic heterocycles. The first-order valence-electron chi connectivity index (χ1n) is 7.77. The standard InChI is InChI=1S/C18H18N2O3S/c21-17(13-24(23)16-8-2-1-3-9-16)19-14-6-4-7-15(12-14)20-11-5-10-18(20)22/h1-4,6-9,12H,5,10-11,13H2,(H,19,21)/t24-/m1/s1. The van der Waals surface area contributed by atoms with Gasteiger partial charge in [-0.25, -0.2) is 0 Å². The second kappa shape index (κ2) is 7.40. The minimum Gasteiger partial charge on any atom is -0.325 e. The number of hydrogen-bond acceptors (Lipinski definition) is 3. The first-order chi connectivity index (χ1) is 11.6. The summed E-state index contributed by atoms with van der Waals surface area (Å²) in [6.07, 6.45) is 1.41. The van der Waals surface area contributed by atoms with Crippen LogP contribution in [0.1, 0.15) is 12.8 Å². The fraction of sp³-hybridized carbons (Fsp3) is 0.222. The van der Waals surface area contributed by atoms with Crippen LogP contribution in [0.25, 0.3) is 0 Å². The SMILES string of the molecule is O=C(C[S@@](=O)c1ccccc1)Nc1cccc(N2CCCC2=O)c1. The van der Waals surface area contributed by atoms with Gasteiger partial charge in [-0.05, 0) is 36.8 Å². The molecule has 2 amide bonds. The van der Waals surface area contributed by atoms with Gasteiger partial charge in [0.15, 0.2) is 0 Å². The minimum absolute atomic E-state index is 0.100. The molecule has 0 radical (unpaired) electrons. The summed E-state index contributed by atoms with van der Waals surface area (Å²) in [5, 5.41) is 2.75. The Labute approximate surface area is 143 Å². The molecule has 24 heavy (non-hydrogen) atoms. The maximum atomic E-state index is 12.2. The third-order valence-electron chi connectivity index (χ3n) is 3.78. The van der Waals surface area contributed by atoms with Crippen molar-refractivity contribution in [2.24, 2.45) is 0 Å². The van der Waals surface area contributed by atoms with Crippen LogP contribution in [0, 0.1) is 0 Å². The van der Waals surface area contributed by atoms with Crippen molar-refractivity contribution in [2.45, 2.75) is 17.7 Å². The summed E-state index contributed by atoms with van der Waals surface area (Å²) < 4.78 is 12.2. The van der Waals surface area contributed by atoms with Crippen molar-refractivity contribution in [2.75, 3.05) is 22.5 Å². The maximum absolute atomic E-state index is 12.2. The summed E-state index contributed by atoms with van der Waals surface area (Å²) in [6, 6.07) is 16.1. The first-order valence-corrected chi connectivity index (χ1v) is 9.09. The van der Waals surface area contributed by atoms with Crippen molar-refractivity contribution in [3.05, 3.63) is 54.6 Å². The average molecular weight is 342 g/mol. The molecule has 3 rings (SSSR count). The van der Waals surface area contributed by atoms with Crippen molar-refractivity contribution in [1.29, 1.82) is 0 Å². The lowest BCUT2D eigenvalue weighted by Crippen LogP contribution is -2.24. The molecule has 0 bridgehead atoms. The normalized spacial score (nSPS) is 15.3. The highest BCUT2D eigenvalue weighted by atomic mass is 32.2. The number of carbonyl (C=O) groups excluding carboxylic acids is 2. The van der Waals surface area contributed by atoms with Crippen molar-refractivity contribution >= 4 is 34.0 Å². The number of benzene rings is 2. The topological polar surface area (TPSA) is 66.5 Å².